The van der Waals surface area contributed by atoms with Crippen molar-refractivity contribution in [3.05, 3.63) is 63.9 Å². The van der Waals surface area contributed by atoms with Crippen LogP contribution >= 0.6 is 23.2 Å². The predicted octanol–water partition coefficient (Wildman–Crippen LogP) is 2.79. The highest BCUT2D eigenvalue weighted by Crippen LogP contribution is 2.24. The average Bonchev–Trinajstić information content (AvgIpc) is 2.43. The maximum absolute atomic E-state index is 13.1. The molecule has 2 aromatic carbocycles. The molecule has 2 rings (SSSR count). The minimum absolute atomic E-state index is 0.193. The molecule has 2 N–H and O–H groups in total. The first-order valence-electron chi connectivity index (χ1n) is 6.75. The van der Waals surface area contributed by atoms with Crippen molar-refractivity contribution in [2.75, 3.05) is 18.9 Å². The lowest BCUT2D eigenvalue weighted by Crippen LogP contribution is -3.08. The van der Waals surface area contributed by atoms with Gasteiger partial charge in [0.1, 0.15) is 12.4 Å². The van der Waals surface area contributed by atoms with Crippen LogP contribution in [0.2, 0.25) is 10.0 Å². The van der Waals surface area contributed by atoms with Crippen molar-refractivity contribution in [1.29, 1.82) is 0 Å². The van der Waals surface area contributed by atoms with Crippen LogP contribution in [0.15, 0.2) is 42.5 Å². The van der Waals surface area contributed by atoms with Gasteiger partial charge in [0, 0.05) is 11.3 Å². The molecule has 0 saturated heterocycles. The van der Waals surface area contributed by atoms with Crippen molar-refractivity contribution < 1.29 is 14.1 Å². The van der Waals surface area contributed by atoms with E-state index < -0.39 is 0 Å². The summed E-state index contributed by atoms with van der Waals surface area (Å²) in [6.45, 7) is 0.801. The maximum atomic E-state index is 13.1. The van der Waals surface area contributed by atoms with Gasteiger partial charge in [0.15, 0.2) is 6.54 Å². The van der Waals surface area contributed by atoms with Crippen LogP contribution in [-0.4, -0.2) is 19.5 Å². The van der Waals surface area contributed by atoms with Crippen molar-refractivity contribution in [1.82, 2.24) is 0 Å². The van der Waals surface area contributed by atoms with Crippen LogP contribution in [0.3, 0.4) is 0 Å². The molecule has 0 heterocycles. The van der Waals surface area contributed by atoms with E-state index in [9.17, 15) is 9.18 Å². The van der Waals surface area contributed by atoms with E-state index in [0.717, 1.165) is 10.5 Å². The molecule has 0 saturated carbocycles. The Hall–Kier alpha value is -1.62. The lowest BCUT2D eigenvalue weighted by molar-refractivity contribution is -0.885. The van der Waals surface area contributed by atoms with Crippen molar-refractivity contribution in [2.24, 2.45) is 0 Å². The summed E-state index contributed by atoms with van der Waals surface area (Å²) in [5.74, 6) is -0.578. The second kappa shape index (κ2) is 7.58. The third-order valence-corrected chi connectivity index (χ3v) is 3.95. The third kappa shape index (κ3) is 4.70. The number of likely N-dealkylation sites (N-methyl/N-ethyl adjacent to an activating group) is 1. The van der Waals surface area contributed by atoms with E-state index in [0.29, 0.717) is 22.3 Å². The topological polar surface area (TPSA) is 33.5 Å². The predicted molar refractivity (Wildman–Crippen MR) is 86.9 cm³/mol. The first kappa shape index (κ1) is 16.7. The number of hydrogen-bond donors (Lipinski definition) is 2. The summed E-state index contributed by atoms with van der Waals surface area (Å²) in [7, 11) is 1.88. The lowest BCUT2D eigenvalue weighted by atomic mass is 10.2. The molecule has 1 amide bonds. The molecular weight excluding hydrogens is 326 g/mol. The third-order valence-electron chi connectivity index (χ3n) is 3.09. The molecule has 116 valence electrons. The summed E-state index contributed by atoms with van der Waals surface area (Å²) in [5.41, 5.74) is 1.32. The van der Waals surface area contributed by atoms with Gasteiger partial charge in [0.25, 0.3) is 5.91 Å². The molecule has 0 spiro atoms. The zero-order chi connectivity index (χ0) is 16.1. The summed E-state index contributed by atoms with van der Waals surface area (Å²) in [5, 5.41) is 3.67. The number of carbonyl (C=O) groups excluding carboxylic acids is 1. The number of nitrogens with one attached hydrogen (secondary N) is 2. The molecule has 0 aliphatic rings. The summed E-state index contributed by atoms with van der Waals surface area (Å²) in [4.78, 5) is 12.9. The van der Waals surface area contributed by atoms with Gasteiger partial charge in [-0.05, 0) is 24.3 Å². The summed E-state index contributed by atoms with van der Waals surface area (Å²) < 4.78 is 13.1. The standard InChI is InChI=1S/C16H15Cl2FN2O/c1-21(9-11-4-2-7-14(17)16(11)18)10-15(22)20-13-6-3-5-12(19)8-13/h2-8H,9-10H2,1H3,(H,20,22)/p+1. The second-order valence-electron chi connectivity index (χ2n) is 5.08. The van der Waals surface area contributed by atoms with E-state index >= 15 is 0 Å². The average molecular weight is 342 g/mol. The fourth-order valence-electron chi connectivity index (χ4n) is 2.12. The Balaban J connectivity index is 1.92. The first-order valence-corrected chi connectivity index (χ1v) is 7.51. The Bertz CT molecular complexity index is 679. The van der Waals surface area contributed by atoms with Crippen LogP contribution in [-0.2, 0) is 11.3 Å². The lowest BCUT2D eigenvalue weighted by Gasteiger charge is -2.15. The van der Waals surface area contributed by atoms with Crippen LogP contribution in [0.4, 0.5) is 10.1 Å². The van der Waals surface area contributed by atoms with Gasteiger partial charge in [0.2, 0.25) is 0 Å². The van der Waals surface area contributed by atoms with Gasteiger partial charge in [-0.1, -0.05) is 41.4 Å². The van der Waals surface area contributed by atoms with Gasteiger partial charge in [-0.3, -0.25) is 4.79 Å². The minimum atomic E-state index is -0.385. The zero-order valence-corrected chi connectivity index (χ0v) is 13.5. The number of rotatable bonds is 5. The molecule has 0 aliphatic carbocycles. The smallest absolute Gasteiger partial charge is 0.279 e. The van der Waals surface area contributed by atoms with Crippen LogP contribution in [0.1, 0.15) is 5.56 Å². The Morgan fingerprint density at radius 3 is 2.68 bits per heavy atom. The molecule has 1 unspecified atom stereocenters. The molecule has 6 heteroatoms. The molecular formula is C16H16Cl2FN2O+. The minimum Gasteiger partial charge on any atom is -0.326 e. The largest absolute Gasteiger partial charge is 0.326 e. The van der Waals surface area contributed by atoms with Crippen LogP contribution < -0.4 is 10.2 Å². The quantitative estimate of drug-likeness (QED) is 0.861. The highest BCUT2D eigenvalue weighted by molar-refractivity contribution is 6.42. The van der Waals surface area contributed by atoms with Crippen molar-refractivity contribution in [2.45, 2.75) is 6.54 Å². The Morgan fingerprint density at radius 2 is 1.95 bits per heavy atom. The fraction of sp³-hybridized carbons (Fsp3) is 0.188. The van der Waals surface area contributed by atoms with E-state index in [1.54, 1.807) is 18.2 Å². The van der Waals surface area contributed by atoms with Crippen molar-refractivity contribution in [3.8, 4) is 0 Å². The monoisotopic (exact) mass is 341 g/mol. The van der Waals surface area contributed by atoms with E-state index in [2.05, 4.69) is 5.32 Å². The van der Waals surface area contributed by atoms with Crippen molar-refractivity contribution in [3.63, 3.8) is 0 Å². The van der Waals surface area contributed by atoms with E-state index in [1.807, 2.05) is 19.2 Å². The van der Waals surface area contributed by atoms with E-state index in [-0.39, 0.29) is 18.3 Å². The van der Waals surface area contributed by atoms with Gasteiger partial charge in [-0.2, -0.15) is 0 Å². The second-order valence-corrected chi connectivity index (χ2v) is 5.87. The Labute approximate surface area is 138 Å². The molecule has 0 fully saturated rings. The Morgan fingerprint density at radius 1 is 1.23 bits per heavy atom. The molecule has 0 aromatic heterocycles. The van der Waals surface area contributed by atoms with Gasteiger partial charge in [-0.25, -0.2) is 4.39 Å². The summed E-state index contributed by atoms with van der Waals surface area (Å²) in [6, 6.07) is 11.2. The molecule has 22 heavy (non-hydrogen) atoms. The van der Waals surface area contributed by atoms with Gasteiger partial charge < -0.3 is 10.2 Å². The first-order chi connectivity index (χ1) is 10.5. The number of carbonyl (C=O) groups is 1. The molecule has 3 nitrogen and oxygen atoms in total. The zero-order valence-electron chi connectivity index (χ0n) is 12.0. The summed E-state index contributed by atoms with van der Waals surface area (Å²) >= 11 is 12.1. The highest BCUT2D eigenvalue weighted by atomic mass is 35.5. The Kier molecular flexibility index (Phi) is 5.77. The molecule has 2 aromatic rings. The molecule has 0 radical (unpaired) electrons. The number of quaternary nitrogens is 1. The normalized spacial score (nSPS) is 12.0. The highest BCUT2D eigenvalue weighted by Gasteiger charge is 2.14. The van der Waals surface area contributed by atoms with E-state index in [1.165, 1.54) is 12.1 Å². The van der Waals surface area contributed by atoms with E-state index in [4.69, 9.17) is 23.2 Å². The summed E-state index contributed by atoms with van der Waals surface area (Å²) in [6.07, 6.45) is 0. The molecule has 0 bridgehead atoms. The van der Waals surface area contributed by atoms with Gasteiger partial charge >= 0.3 is 0 Å². The SMILES string of the molecule is C[NH+](CC(=O)Nc1cccc(F)c1)Cc1cccc(Cl)c1Cl. The number of halogens is 3. The van der Waals surface area contributed by atoms with Crippen LogP contribution in [0.25, 0.3) is 0 Å². The molecule has 1 atom stereocenters. The van der Waals surface area contributed by atoms with Crippen LogP contribution in [0.5, 0.6) is 0 Å². The van der Waals surface area contributed by atoms with Gasteiger partial charge in [0.05, 0.1) is 17.1 Å². The molecule has 0 aliphatic heterocycles. The van der Waals surface area contributed by atoms with Crippen molar-refractivity contribution >= 4 is 34.8 Å². The van der Waals surface area contributed by atoms with Crippen LogP contribution in [0, 0.1) is 5.82 Å². The number of benzene rings is 2. The number of amides is 1. The fourth-order valence-corrected chi connectivity index (χ4v) is 2.51. The van der Waals surface area contributed by atoms with Gasteiger partial charge in [-0.15, -0.1) is 0 Å². The maximum Gasteiger partial charge on any atom is 0.279 e. The number of hydrogen-bond acceptors (Lipinski definition) is 1. The number of anilines is 1.